The Kier molecular flexibility index (Phi) is 6.59. The number of fused-ring (bicyclic) bond motifs is 1. The lowest BCUT2D eigenvalue weighted by molar-refractivity contribution is 1.25. The minimum atomic E-state index is 0.0403. The zero-order valence-corrected chi connectivity index (χ0v) is 18.7. The van der Waals surface area contributed by atoms with E-state index < -0.39 is 0 Å². The fraction of sp³-hybridized carbons (Fsp3) is 0.120. The predicted molar refractivity (Wildman–Crippen MR) is 133 cm³/mol. The van der Waals surface area contributed by atoms with Crippen molar-refractivity contribution in [1.82, 2.24) is 0 Å². The monoisotopic (exact) mass is 438 g/mol. The van der Waals surface area contributed by atoms with Crippen molar-refractivity contribution in [2.75, 3.05) is 13.6 Å². The van der Waals surface area contributed by atoms with Gasteiger partial charge in [-0.05, 0) is 30.2 Å². The van der Waals surface area contributed by atoms with Crippen LogP contribution in [0.4, 0.5) is 0 Å². The highest BCUT2D eigenvalue weighted by Crippen LogP contribution is 2.36. The molecule has 0 bridgehead atoms. The van der Waals surface area contributed by atoms with Crippen LogP contribution in [0.25, 0.3) is 23.4 Å². The Bertz CT molecular complexity index is 1390. The van der Waals surface area contributed by atoms with E-state index in [1.807, 2.05) is 19.1 Å². The number of aliphatic imine (C=N–C) groups is 1. The molecule has 0 aliphatic heterocycles. The van der Waals surface area contributed by atoms with Gasteiger partial charge < -0.3 is 22.6 Å². The molecule has 0 unspecified atom stereocenters. The molecule has 3 rings (SSSR count). The lowest BCUT2D eigenvalue weighted by Gasteiger charge is -2.17. The summed E-state index contributed by atoms with van der Waals surface area (Å²) in [7, 11) is 1.66. The summed E-state index contributed by atoms with van der Waals surface area (Å²) in [6, 6.07) is 6.01. The number of nitrogens with one attached hydrogen (secondary N) is 1. The SMILES string of the molecule is C=C=C(N)c1c(C)cc(/C(=C/N)C(=NC)c2sc3c(c2C#N)C=C=C=C3)cc1C(=N)CN. The summed E-state index contributed by atoms with van der Waals surface area (Å²) in [4.78, 5) is 6.10. The minimum absolute atomic E-state index is 0.0403. The van der Waals surface area contributed by atoms with Crippen LogP contribution < -0.4 is 17.2 Å². The van der Waals surface area contributed by atoms with Crippen LogP contribution in [0.2, 0.25) is 0 Å². The second-order valence-corrected chi connectivity index (χ2v) is 7.97. The number of rotatable bonds is 6. The van der Waals surface area contributed by atoms with E-state index in [-0.39, 0.29) is 12.3 Å². The number of thiophene rings is 1. The van der Waals surface area contributed by atoms with Crippen molar-refractivity contribution in [3.63, 3.8) is 0 Å². The number of nitrogens with two attached hydrogens (primary N) is 3. The first-order chi connectivity index (χ1) is 15.4. The largest absolute Gasteiger partial charge is 0.404 e. The molecule has 1 aliphatic rings. The molecule has 7 heteroatoms. The maximum atomic E-state index is 9.85. The highest BCUT2D eigenvalue weighted by molar-refractivity contribution is 7.16. The topological polar surface area (TPSA) is 138 Å². The van der Waals surface area contributed by atoms with Crippen LogP contribution in [0.15, 0.2) is 47.1 Å². The second-order valence-electron chi connectivity index (χ2n) is 6.91. The Labute approximate surface area is 190 Å². The molecule has 158 valence electrons. The zero-order valence-electron chi connectivity index (χ0n) is 17.8. The van der Waals surface area contributed by atoms with Crippen molar-refractivity contribution in [3.05, 3.63) is 85.2 Å². The zero-order chi connectivity index (χ0) is 23.4. The van der Waals surface area contributed by atoms with Crippen LogP contribution >= 0.6 is 11.3 Å². The van der Waals surface area contributed by atoms with Gasteiger partial charge in [0.2, 0.25) is 0 Å². The molecule has 0 amide bonds. The smallest absolute Gasteiger partial charge is 0.101 e. The summed E-state index contributed by atoms with van der Waals surface area (Å²) in [5.41, 5.74) is 32.3. The van der Waals surface area contributed by atoms with Gasteiger partial charge in [-0.1, -0.05) is 24.1 Å². The molecule has 0 radical (unpaired) electrons. The van der Waals surface area contributed by atoms with Gasteiger partial charge in [0.05, 0.1) is 27.6 Å². The first kappa shape index (κ1) is 22.6. The van der Waals surface area contributed by atoms with Crippen LogP contribution in [-0.2, 0) is 0 Å². The second kappa shape index (κ2) is 9.34. The summed E-state index contributed by atoms with van der Waals surface area (Å²) >= 11 is 1.44. The predicted octanol–water partition coefficient (Wildman–Crippen LogP) is 3.55. The average molecular weight is 439 g/mol. The van der Waals surface area contributed by atoms with Gasteiger partial charge in [0.15, 0.2) is 0 Å². The number of benzene rings is 1. The van der Waals surface area contributed by atoms with Gasteiger partial charge in [-0.3, -0.25) is 4.99 Å². The Morgan fingerprint density at radius 2 is 2.06 bits per heavy atom. The summed E-state index contributed by atoms with van der Waals surface area (Å²) in [5.74, 6) is 0. The lowest BCUT2D eigenvalue weighted by atomic mass is 9.89. The molecule has 7 N–H and O–H groups in total. The van der Waals surface area contributed by atoms with Crippen molar-refractivity contribution in [3.8, 4) is 6.07 Å². The van der Waals surface area contributed by atoms with Gasteiger partial charge in [-0.25, -0.2) is 0 Å². The minimum Gasteiger partial charge on any atom is -0.404 e. The van der Waals surface area contributed by atoms with Crippen molar-refractivity contribution in [2.45, 2.75) is 6.92 Å². The number of allylic oxidation sites excluding steroid dienone is 1. The lowest BCUT2D eigenvalue weighted by Crippen LogP contribution is -2.18. The summed E-state index contributed by atoms with van der Waals surface area (Å²) in [6.07, 6.45) is 5.01. The Hall–Kier alpha value is -4.13. The van der Waals surface area contributed by atoms with Crippen LogP contribution in [0.3, 0.4) is 0 Å². The first-order valence-corrected chi connectivity index (χ1v) is 10.5. The van der Waals surface area contributed by atoms with Gasteiger partial charge in [0.1, 0.15) is 6.07 Å². The van der Waals surface area contributed by atoms with E-state index in [0.717, 1.165) is 21.6 Å². The van der Waals surface area contributed by atoms with Crippen molar-refractivity contribution in [2.24, 2.45) is 22.2 Å². The van der Waals surface area contributed by atoms with Gasteiger partial charge >= 0.3 is 0 Å². The molecule has 0 spiro atoms. The maximum absolute atomic E-state index is 9.85. The third kappa shape index (κ3) is 3.80. The molecular formula is C25H22N6S. The highest BCUT2D eigenvalue weighted by atomic mass is 32.1. The van der Waals surface area contributed by atoms with Gasteiger partial charge in [0, 0.05) is 53.0 Å². The summed E-state index contributed by atoms with van der Waals surface area (Å²) < 4.78 is 0. The molecule has 0 saturated heterocycles. The van der Waals surface area contributed by atoms with Gasteiger partial charge in [-0.15, -0.1) is 17.1 Å². The molecule has 6 nitrogen and oxygen atoms in total. The van der Waals surface area contributed by atoms with Crippen molar-refractivity contribution >= 4 is 46.2 Å². The van der Waals surface area contributed by atoms with Gasteiger partial charge in [-0.2, -0.15) is 5.26 Å². The Morgan fingerprint density at radius 1 is 1.34 bits per heavy atom. The number of hydrogen-bond acceptors (Lipinski definition) is 7. The molecular weight excluding hydrogens is 416 g/mol. The molecule has 0 fully saturated rings. The average Bonchev–Trinajstić information content (AvgIpc) is 3.18. The molecule has 32 heavy (non-hydrogen) atoms. The fourth-order valence-corrected chi connectivity index (χ4v) is 4.77. The standard InChI is InChI=1S/C25H22N6S/c1-4-20(29)23-14(2)9-15(10-17(23)21(30)13-28)18(11-26)24(31-3)25-19(12-27)16-7-5-6-8-22(16)32-25/h7-11,30H,1,13,26,28-29H2,2-3H3/b18-11-,30-21?,31-24?. The van der Waals surface area contributed by atoms with Crippen LogP contribution in [-0.4, -0.2) is 25.0 Å². The number of nitrogens with zero attached hydrogens (tertiary/aromatic N) is 2. The quantitative estimate of drug-likeness (QED) is 0.345. The third-order valence-electron chi connectivity index (χ3n) is 5.08. The highest BCUT2D eigenvalue weighted by Gasteiger charge is 2.24. The molecule has 1 aliphatic carbocycles. The maximum Gasteiger partial charge on any atom is 0.101 e. The summed E-state index contributed by atoms with van der Waals surface area (Å²) in [5, 5.41) is 18.2. The van der Waals surface area contributed by atoms with E-state index in [0.29, 0.717) is 38.5 Å². The summed E-state index contributed by atoms with van der Waals surface area (Å²) in [6.45, 7) is 5.55. The molecule has 1 aromatic heterocycles. The fourth-order valence-electron chi connectivity index (χ4n) is 3.60. The van der Waals surface area contributed by atoms with E-state index in [2.05, 4.69) is 34.8 Å². The van der Waals surface area contributed by atoms with Gasteiger partial charge in [0.25, 0.3) is 0 Å². The van der Waals surface area contributed by atoms with E-state index in [1.165, 1.54) is 17.5 Å². The number of nitriles is 1. The van der Waals surface area contributed by atoms with E-state index in [9.17, 15) is 5.26 Å². The molecule has 0 saturated carbocycles. The van der Waals surface area contributed by atoms with Crippen LogP contribution in [0, 0.1) is 23.7 Å². The number of aryl methyl sites for hydroxylation is 1. The van der Waals surface area contributed by atoms with E-state index in [1.54, 1.807) is 19.2 Å². The normalized spacial score (nSPS) is 12.3. The molecule has 0 atom stereocenters. The molecule has 1 aromatic carbocycles. The Morgan fingerprint density at radius 3 is 2.66 bits per heavy atom. The van der Waals surface area contributed by atoms with Crippen molar-refractivity contribution in [1.29, 1.82) is 10.7 Å². The Balaban J connectivity index is 2.25. The van der Waals surface area contributed by atoms with Crippen LogP contribution in [0.1, 0.15) is 43.1 Å². The number of hydrogen-bond donors (Lipinski definition) is 4. The van der Waals surface area contributed by atoms with E-state index in [4.69, 9.17) is 22.6 Å². The van der Waals surface area contributed by atoms with Crippen LogP contribution in [0.5, 0.6) is 0 Å². The molecule has 2 aromatic rings. The third-order valence-corrected chi connectivity index (χ3v) is 6.24. The van der Waals surface area contributed by atoms with E-state index >= 15 is 0 Å². The first-order valence-electron chi connectivity index (χ1n) is 9.64. The van der Waals surface area contributed by atoms with Crippen molar-refractivity contribution < 1.29 is 0 Å². The molecule has 1 heterocycles.